The standard InChI is InChI=1S/C15H20ClN3O4/c1-21-13-8-11(7-12(16)15(13)22-2)9-17-18-14(20)10-19-3-5-23-6-4-19/h7-9H,3-6,10H2,1-2H3,(H,18,20). The van der Waals surface area contributed by atoms with Gasteiger partial charge in [-0.1, -0.05) is 11.6 Å². The van der Waals surface area contributed by atoms with E-state index >= 15 is 0 Å². The lowest BCUT2D eigenvalue weighted by molar-refractivity contribution is -0.123. The molecule has 23 heavy (non-hydrogen) atoms. The second kappa shape index (κ2) is 8.71. The number of benzene rings is 1. The molecule has 0 unspecified atom stereocenters. The highest BCUT2D eigenvalue weighted by atomic mass is 35.5. The molecule has 2 rings (SSSR count). The normalized spacial score (nSPS) is 15.6. The average Bonchev–Trinajstić information content (AvgIpc) is 2.55. The number of nitrogens with one attached hydrogen (secondary N) is 1. The maximum atomic E-state index is 11.8. The largest absolute Gasteiger partial charge is 0.493 e. The number of hydrogen-bond donors (Lipinski definition) is 1. The van der Waals surface area contributed by atoms with Crippen molar-refractivity contribution in [2.45, 2.75) is 0 Å². The topological polar surface area (TPSA) is 72.4 Å². The number of amides is 1. The third-order valence-electron chi connectivity index (χ3n) is 3.33. The first kappa shape index (κ1) is 17.5. The molecule has 1 aliphatic heterocycles. The van der Waals surface area contributed by atoms with Gasteiger partial charge in [-0.05, 0) is 17.7 Å². The number of hydrogen-bond acceptors (Lipinski definition) is 6. The molecule has 8 heteroatoms. The Labute approximate surface area is 140 Å². The molecule has 1 N–H and O–H groups in total. The molecule has 0 aromatic heterocycles. The molecule has 1 aromatic rings. The minimum Gasteiger partial charge on any atom is -0.493 e. The van der Waals surface area contributed by atoms with E-state index < -0.39 is 0 Å². The van der Waals surface area contributed by atoms with Crippen molar-refractivity contribution in [1.82, 2.24) is 10.3 Å². The Kier molecular flexibility index (Phi) is 6.64. The third-order valence-corrected chi connectivity index (χ3v) is 3.61. The minimum absolute atomic E-state index is 0.172. The van der Waals surface area contributed by atoms with Crippen LogP contribution in [0.15, 0.2) is 17.2 Å². The van der Waals surface area contributed by atoms with E-state index in [0.29, 0.717) is 41.8 Å². The van der Waals surface area contributed by atoms with Crippen LogP contribution in [0.2, 0.25) is 5.02 Å². The summed E-state index contributed by atoms with van der Waals surface area (Å²) in [6.45, 7) is 3.11. The average molecular weight is 342 g/mol. The summed E-state index contributed by atoms with van der Waals surface area (Å²) in [7, 11) is 3.04. The zero-order valence-electron chi connectivity index (χ0n) is 13.2. The molecular formula is C15H20ClN3O4. The van der Waals surface area contributed by atoms with Crippen molar-refractivity contribution in [1.29, 1.82) is 0 Å². The second-order valence-electron chi connectivity index (χ2n) is 4.92. The molecule has 0 bridgehead atoms. The summed E-state index contributed by atoms with van der Waals surface area (Å²) in [4.78, 5) is 13.8. The van der Waals surface area contributed by atoms with Crippen LogP contribution < -0.4 is 14.9 Å². The third kappa shape index (κ3) is 5.09. The van der Waals surface area contributed by atoms with Gasteiger partial charge in [-0.2, -0.15) is 5.10 Å². The first-order chi connectivity index (χ1) is 11.1. The molecular weight excluding hydrogens is 322 g/mol. The molecule has 0 atom stereocenters. The molecule has 1 amide bonds. The first-order valence-electron chi connectivity index (χ1n) is 7.17. The maximum Gasteiger partial charge on any atom is 0.254 e. The SMILES string of the molecule is COc1cc(C=NNC(=O)CN2CCOCC2)cc(Cl)c1OC. The van der Waals surface area contributed by atoms with Gasteiger partial charge in [-0.15, -0.1) is 0 Å². The lowest BCUT2D eigenvalue weighted by atomic mass is 10.2. The molecule has 0 spiro atoms. The number of rotatable bonds is 6. The summed E-state index contributed by atoms with van der Waals surface area (Å²) in [6, 6.07) is 3.41. The zero-order valence-corrected chi connectivity index (χ0v) is 13.9. The van der Waals surface area contributed by atoms with Crippen molar-refractivity contribution in [3.8, 4) is 11.5 Å². The molecule has 0 aliphatic carbocycles. The van der Waals surface area contributed by atoms with Gasteiger partial charge >= 0.3 is 0 Å². The number of carbonyl (C=O) groups excluding carboxylic acids is 1. The lowest BCUT2D eigenvalue weighted by Gasteiger charge is -2.25. The van der Waals surface area contributed by atoms with E-state index in [1.54, 1.807) is 12.1 Å². The van der Waals surface area contributed by atoms with Gasteiger partial charge in [-0.25, -0.2) is 5.43 Å². The molecule has 1 aromatic carbocycles. The summed E-state index contributed by atoms with van der Waals surface area (Å²) in [5, 5.41) is 4.35. The van der Waals surface area contributed by atoms with Crippen LogP contribution in [0.5, 0.6) is 11.5 Å². The number of nitrogens with zero attached hydrogens (tertiary/aromatic N) is 2. The Hall–Kier alpha value is -1.83. The first-order valence-corrected chi connectivity index (χ1v) is 7.55. The van der Waals surface area contributed by atoms with Gasteiger partial charge in [0.15, 0.2) is 11.5 Å². The van der Waals surface area contributed by atoms with Gasteiger partial charge in [0.1, 0.15) is 0 Å². The quantitative estimate of drug-likeness (QED) is 0.620. The molecule has 1 saturated heterocycles. The van der Waals surface area contributed by atoms with E-state index in [1.807, 2.05) is 4.90 Å². The summed E-state index contributed by atoms with van der Waals surface area (Å²) >= 11 is 6.11. The van der Waals surface area contributed by atoms with E-state index in [0.717, 1.165) is 13.1 Å². The summed E-state index contributed by atoms with van der Waals surface area (Å²) in [5.41, 5.74) is 3.19. The highest BCUT2D eigenvalue weighted by Gasteiger charge is 2.13. The number of carbonyl (C=O) groups is 1. The van der Waals surface area contributed by atoms with E-state index in [9.17, 15) is 4.79 Å². The van der Waals surface area contributed by atoms with Crippen LogP contribution in [0, 0.1) is 0 Å². The van der Waals surface area contributed by atoms with Crippen molar-refractivity contribution in [3.05, 3.63) is 22.7 Å². The molecule has 0 radical (unpaired) electrons. The van der Waals surface area contributed by atoms with E-state index in [1.165, 1.54) is 20.4 Å². The fraction of sp³-hybridized carbons (Fsp3) is 0.467. The second-order valence-corrected chi connectivity index (χ2v) is 5.33. The Morgan fingerprint density at radius 3 is 2.78 bits per heavy atom. The van der Waals surface area contributed by atoms with E-state index in [-0.39, 0.29) is 5.91 Å². The van der Waals surface area contributed by atoms with Crippen molar-refractivity contribution >= 4 is 23.7 Å². The number of morpholine rings is 1. The predicted molar refractivity (Wildman–Crippen MR) is 87.6 cm³/mol. The van der Waals surface area contributed by atoms with Crippen LogP contribution in [-0.4, -0.2) is 64.1 Å². The monoisotopic (exact) mass is 341 g/mol. The highest BCUT2D eigenvalue weighted by Crippen LogP contribution is 2.35. The Balaban J connectivity index is 1.92. The van der Waals surface area contributed by atoms with E-state index in [2.05, 4.69) is 10.5 Å². The van der Waals surface area contributed by atoms with Crippen molar-refractivity contribution < 1.29 is 19.0 Å². The van der Waals surface area contributed by atoms with Crippen LogP contribution in [0.4, 0.5) is 0 Å². The predicted octanol–water partition coefficient (Wildman–Crippen LogP) is 1.14. The number of halogens is 1. The van der Waals surface area contributed by atoms with Crippen molar-refractivity contribution in [2.24, 2.45) is 5.10 Å². The Morgan fingerprint density at radius 2 is 2.13 bits per heavy atom. The number of methoxy groups -OCH3 is 2. The van der Waals surface area contributed by atoms with Gasteiger partial charge in [0.05, 0.1) is 45.2 Å². The van der Waals surface area contributed by atoms with Crippen LogP contribution >= 0.6 is 11.6 Å². The molecule has 1 heterocycles. The highest BCUT2D eigenvalue weighted by molar-refractivity contribution is 6.32. The summed E-state index contributed by atoms with van der Waals surface area (Å²) < 4.78 is 15.6. The summed E-state index contributed by atoms with van der Waals surface area (Å²) in [6.07, 6.45) is 1.51. The van der Waals surface area contributed by atoms with Gasteiger partial charge in [0.25, 0.3) is 5.91 Å². The number of hydrazone groups is 1. The fourth-order valence-electron chi connectivity index (χ4n) is 2.19. The molecule has 126 valence electrons. The van der Waals surface area contributed by atoms with E-state index in [4.69, 9.17) is 25.8 Å². The van der Waals surface area contributed by atoms with Crippen molar-refractivity contribution in [2.75, 3.05) is 47.1 Å². The molecule has 1 aliphatic rings. The van der Waals surface area contributed by atoms with Crippen LogP contribution in [0.1, 0.15) is 5.56 Å². The van der Waals surface area contributed by atoms with Gasteiger partial charge in [0.2, 0.25) is 0 Å². The molecule has 7 nitrogen and oxygen atoms in total. The smallest absolute Gasteiger partial charge is 0.254 e. The van der Waals surface area contributed by atoms with Gasteiger partial charge in [-0.3, -0.25) is 9.69 Å². The van der Waals surface area contributed by atoms with Gasteiger partial charge in [0, 0.05) is 13.1 Å². The molecule has 1 fully saturated rings. The van der Waals surface area contributed by atoms with Crippen LogP contribution in [0.25, 0.3) is 0 Å². The Morgan fingerprint density at radius 1 is 1.39 bits per heavy atom. The maximum absolute atomic E-state index is 11.8. The Bertz CT molecular complexity index is 574. The van der Waals surface area contributed by atoms with Crippen LogP contribution in [-0.2, 0) is 9.53 Å². The van der Waals surface area contributed by atoms with Gasteiger partial charge < -0.3 is 14.2 Å². The van der Waals surface area contributed by atoms with Crippen LogP contribution in [0.3, 0.4) is 0 Å². The fourth-order valence-corrected chi connectivity index (χ4v) is 2.49. The number of ether oxygens (including phenoxy) is 3. The summed E-state index contributed by atoms with van der Waals surface area (Å²) in [5.74, 6) is 0.790. The zero-order chi connectivity index (χ0) is 16.7. The van der Waals surface area contributed by atoms with Crippen molar-refractivity contribution in [3.63, 3.8) is 0 Å². The molecule has 0 saturated carbocycles. The minimum atomic E-state index is -0.172. The lowest BCUT2D eigenvalue weighted by Crippen LogP contribution is -2.42.